The van der Waals surface area contributed by atoms with Crippen molar-refractivity contribution in [1.82, 2.24) is 4.90 Å². The molecule has 0 radical (unpaired) electrons. The highest BCUT2D eigenvalue weighted by atomic mass is 35.5. The number of nitrogens with one attached hydrogen (secondary N) is 1. The number of nitrogens with zero attached hydrogens (tertiary/aromatic N) is 1. The van der Waals surface area contributed by atoms with Crippen molar-refractivity contribution < 1.29 is 0 Å². The zero-order valence-corrected chi connectivity index (χ0v) is 12.7. The molecule has 1 heterocycles. The van der Waals surface area contributed by atoms with Crippen molar-refractivity contribution in [1.29, 1.82) is 0 Å². The van der Waals surface area contributed by atoms with Crippen molar-refractivity contribution in [3.8, 4) is 0 Å². The average molecular weight is 298 g/mol. The molecule has 0 aromatic heterocycles. The van der Waals surface area contributed by atoms with Crippen molar-refractivity contribution in [2.24, 2.45) is 5.73 Å². The van der Waals surface area contributed by atoms with E-state index in [0.29, 0.717) is 16.1 Å². The summed E-state index contributed by atoms with van der Waals surface area (Å²) in [5.74, 6) is 0. The molecule has 0 aliphatic carbocycles. The van der Waals surface area contributed by atoms with Crippen LogP contribution in [0.2, 0.25) is 5.02 Å². The van der Waals surface area contributed by atoms with Crippen molar-refractivity contribution in [3.05, 3.63) is 28.8 Å². The van der Waals surface area contributed by atoms with Crippen LogP contribution in [-0.2, 0) is 0 Å². The predicted octanol–water partition coefficient (Wildman–Crippen LogP) is 2.87. The Morgan fingerprint density at radius 3 is 2.79 bits per heavy atom. The smallest absolute Gasteiger partial charge is 0.106 e. The number of anilines is 1. The van der Waals surface area contributed by atoms with Gasteiger partial charge in [0.2, 0.25) is 0 Å². The van der Waals surface area contributed by atoms with Crippen LogP contribution in [0.3, 0.4) is 0 Å². The highest BCUT2D eigenvalue weighted by molar-refractivity contribution is 7.80. The van der Waals surface area contributed by atoms with Gasteiger partial charge >= 0.3 is 0 Å². The number of hydrogen-bond donors (Lipinski definition) is 2. The third-order valence-corrected chi connectivity index (χ3v) is 4.05. The van der Waals surface area contributed by atoms with Crippen LogP contribution < -0.4 is 11.1 Å². The van der Waals surface area contributed by atoms with E-state index in [4.69, 9.17) is 29.6 Å². The second kappa shape index (κ2) is 6.55. The molecule has 1 atom stereocenters. The van der Waals surface area contributed by atoms with Gasteiger partial charge in [0.25, 0.3) is 0 Å². The second-order valence-electron chi connectivity index (χ2n) is 5.03. The molecule has 0 amide bonds. The summed E-state index contributed by atoms with van der Waals surface area (Å²) in [6.45, 7) is 5.53. The van der Waals surface area contributed by atoms with Crippen LogP contribution >= 0.6 is 23.8 Å². The van der Waals surface area contributed by atoms with Gasteiger partial charge in [-0.15, -0.1) is 0 Å². The van der Waals surface area contributed by atoms with Crippen LogP contribution in [0.1, 0.15) is 25.3 Å². The molecular formula is C14H20ClN3S. The minimum atomic E-state index is 0.374. The molecule has 1 aliphatic heterocycles. The van der Waals surface area contributed by atoms with E-state index >= 15 is 0 Å². The lowest BCUT2D eigenvalue weighted by Crippen LogP contribution is -2.35. The Bertz CT molecular complexity index is 458. The minimum Gasteiger partial charge on any atom is -0.389 e. The van der Waals surface area contributed by atoms with Gasteiger partial charge in [0, 0.05) is 28.9 Å². The van der Waals surface area contributed by atoms with E-state index in [1.54, 1.807) is 0 Å². The average Bonchev–Trinajstić information content (AvgIpc) is 2.90. The topological polar surface area (TPSA) is 41.3 Å². The zero-order chi connectivity index (χ0) is 13.8. The Balaban J connectivity index is 2.00. The number of thiocarbonyl (C=S) groups is 1. The predicted molar refractivity (Wildman–Crippen MR) is 86.1 cm³/mol. The summed E-state index contributed by atoms with van der Waals surface area (Å²) in [4.78, 5) is 2.88. The largest absolute Gasteiger partial charge is 0.389 e. The normalized spacial score (nSPS) is 17.4. The van der Waals surface area contributed by atoms with E-state index in [-0.39, 0.29) is 0 Å². The SMILES string of the molecule is CC(CNc1ccc(Cl)cc1C(N)=S)N1CCCC1. The van der Waals surface area contributed by atoms with Crippen LogP contribution in [0.15, 0.2) is 18.2 Å². The minimum absolute atomic E-state index is 0.374. The molecular weight excluding hydrogens is 278 g/mol. The molecule has 104 valence electrons. The Labute approximate surface area is 125 Å². The number of rotatable bonds is 5. The fourth-order valence-corrected chi connectivity index (χ4v) is 2.78. The number of likely N-dealkylation sites (tertiary alicyclic amines) is 1. The highest BCUT2D eigenvalue weighted by Gasteiger charge is 2.18. The first-order valence-corrected chi connectivity index (χ1v) is 7.44. The van der Waals surface area contributed by atoms with Crippen molar-refractivity contribution in [2.75, 3.05) is 25.0 Å². The van der Waals surface area contributed by atoms with Gasteiger partial charge in [-0.1, -0.05) is 23.8 Å². The Morgan fingerprint density at radius 1 is 1.47 bits per heavy atom. The number of nitrogens with two attached hydrogens (primary N) is 1. The number of benzene rings is 1. The first-order valence-electron chi connectivity index (χ1n) is 6.65. The molecule has 19 heavy (non-hydrogen) atoms. The van der Waals surface area contributed by atoms with E-state index in [2.05, 4.69) is 17.1 Å². The summed E-state index contributed by atoms with van der Waals surface area (Å²) in [6.07, 6.45) is 2.62. The van der Waals surface area contributed by atoms with Gasteiger partial charge in [0.05, 0.1) is 0 Å². The molecule has 0 bridgehead atoms. The standard InChI is InChI=1S/C14H20ClN3S/c1-10(18-6-2-3-7-18)9-17-13-5-4-11(15)8-12(13)14(16)19/h4-5,8,10,17H,2-3,6-7,9H2,1H3,(H2,16,19). The van der Waals surface area contributed by atoms with Gasteiger partial charge < -0.3 is 11.1 Å². The first-order chi connectivity index (χ1) is 9.08. The molecule has 3 nitrogen and oxygen atoms in total. The van der Waals surface area contributed by atoms with Crippen LogP contribution in [0.5, 0.6) is 0 Å². The number of halogens is 1. The van der Waals surface area contributed by atoms with Gasteiger partial charge in [0.1, 0.15) is 4.99 Å². The van der Waals surface area contributed by atoms with Crippen molar-refractivity contribution in [3.63, 3.8) is 0 Å². The summed E-state index contributed by atoms with van der Waals surface area (Å²) in [6, 6.07) is 6.12. The van der Waals surface area contributed by atoms with Crippen LogP contribution in [0.4, 0.5) is 5.69 Å². The molecule has 1 unspecified atom stereocenters. The molecule has 5 heteroatoms. The maximum atomic E-state index is 5.98. The summed E-state index contributed by atoms with van der Waals surface area (Å²) in [5, 5.41) is 4.08. The molecule has 1 saturated heterocycles. The summed E-state index contributed by atoms with van der Waals surface area (Å²) in [5.41, 5.74) is 7.51. The third-order valence-electron chi connectivity index (χ3n) is 3.60. The number of hydrogen-bond acceptors (Lipinski definition) is 3. The molecule has 1 aromatic rings. The fourth-order valence-electron chi connectivity index (χ4n) is 2.44. The maximum absolute atomic E-state index is 5.98. The zero-order valence-electron chi connectivity index (χ0n) is 11.2. The van der Waals surface area contributed by atoms with E-state index in [9.17, 15) is 0 Å². The highest BCUT2D eigenvalue weighted by Crippen LogP contribution is 2.21. The van der Waals surface area contributed by atoms with Crippen molar-refractivity contribution in [2.45, 2.75) is 25.8 Å². The van der Waals surface area contributed by atoms with Gasteiger partial charge in [-0.2, -0.15) is 0 Å². The quantitative estimate of drug-likeness (QED) is 0.820. The molecule has 3 N–H and O–H groups in total. The van der Waals surface area contributed by atoms with Crippen LogP contribution in [-0.4, -0.2) is 35.6 Å². The van der Waals surface area contributed by atoms with Crippen molar-refractivity contribution >= 4 is 34.5 Å². The molecule has 1 aromatic carbocycles. The van der Waals surface area contributed by atoms with E-state index in [0.717, 1.165) is 17.8 Å². The second-order valence-corrected chi connectivity index (χ2v) is 5.90. The third kappa shape index (κ3) is 3.81. The summed E-state index contributed by atoms with van der Waals surface area (Å²) >= 11 is 11.0. The lowest BCUT2D eigenvalue weighted by atomic mass is 10.1. The molecule has 0 spiro atoms. The molecule has 2 rings (SSSR count). The Kier molecular flexibility index (Phi) is 5.02. The van der Waals surface area contributed by atoms with Crippen LogP contribution in [0.25, 0.3) is 0 Å². The summed E-state index contributed by atoms with van der Waals surface area (Å²) in [7, 11) is 0. The van der Waals surface area contributed by atoms with E-state index in [1.165, 1.54) is 25.9 Å². The van der Waals surface area contributed by atoms with Gasteiger partial charge in [-0.25, -0.2) is 0 Å². The lowest BCUT2D eigenvalue weighted by molar-refractivity contribution is 0.269. The monoisotopic (exact) mass is 297 g/mol. The lowest BCUT2D eigenvalue weighted by Gasteiger charge is -2.25. The van der Waals surface area contributed by atoms with E-state index in [1.807, 2.05) is 18.2 Å². The maximum Gasteiger partial charge on any atom is 0.106 e. The van der Waals surface area contributed by atoms with Crippen LogP contribution in [0, 0.1) is 0 Å². The van der Waals surface area contributed by atoms with Gasteiger partial charge in [-0.05, 0) is 51.1 Å². The van der Waals surface area contributed by atoms with E-state index < -0.39 is 0 Å². The van der Waals surface area contributed by atoms with Gasteiger partial charge in [-0.3, -0.25) is 4.90 Å². The first kappa shape index (κ1) is 14.6. The fraction of sp³-hybridized carbons (Fsp3) is 0.500. The van der Waals surface area contributed by atoms with Gasteiger partial charge in [0.15, 0.2) is 0 Å². The Hall–Kier alpha value is -0.840. The molecule has 1 fully saturated rings. The Morgan fingerprint density at radius 2 is 2.16 bits per heavy atom. The molecule has 0 saturated carbocycles. The molecule has 1 aliphatic rings. The summed E-state index contributed by atoms with van der Waals surface area (Å²) < 4.78 is 0.